The summed E-state index contributed by atoms with van der Waals surface area (Å²) in [7, 11) is 0. The molecule has 0 aliphatic rings. The van der Waals surface area contributed by atoms with E-state index in [1.807, 2.05) is 30.3 Å². The van der Waals surface area contributed by atoms with Crippen LogP contribution in [-0.2, 0) is 16.0 Å². The van der Waals surface area contributed by atoms with Crippen LogP contribution in [0.5, 0.6) is 0 Å². The van der Waals surface area contributed by atoms with Crippen LogP contribution in [0.2, 0.25) is 0 Å². The van der Waals surface area contributed by atoms with Crippen molar-refractivity contribution in [1.82, 2.24) is 10.6 Å². The van der Waals surface area contributed by atoms with Gasteiger partial charge in [-0.05, 0) is 24.8 Å². The highest BCUT2D eigenvalue weighted by Crippen LogP contribution is 2.02. The zero-order valence-corrected chi connectivity index (χ0v) is 12.4. The van der Waals surface area contributed by atoms with Gasteiger partial charge in [0.25, 0.3) is 0 Å². The first-order valence-corrected chi connectivity index (χ1v) is 7.16. The standard InChI is InChI=1S/C15H23N5O2/c16-13(9-11-5-2-1-3-6-11)14(22)20-12(10-21)7-4-8-19-15(17)18/h1-3,5-6,10,12-13H,4,7-9,16H2,(H,20,22)(H4,17,18,19)/t12-,13-/m0/s1. The van der Waals surface area contributed by atoms with Crippen molar-refractivity contribution in [3.63, 3.8) is 0 Å². The molecule has 0 bridgehead atoms. The van der Waals surface area contributed by atoms with Gasteiger partial charge in [0.05, 0.1) is 12.1 Å². The number of aldehydes is 1. The molecule has 120 valence electrons. The molecule has 1 amide bonds. The minimum Gasteiger partial charge on any atom is -0.370 e. The van der Waals surface area contributed by atoms with Gasteiger partial charge in [0.2, 0.25) is 5.91 Å². The lowest BCUT2D eigenvalue weighted by Crippen LogP contribution is -2.47. The van der Waals surface area contributed by atoms with E-state index in [4.69, 9.17) is 16.9 Å². The van der Waals surface area contributed by atoms with Crippen molar-refractivity contribution in [2.24, 2.45) is 11.5 Å². The second-order valence-corrected chi connectivity index (χ2v) is 5.03. The predicted octanol–water partition coefficient (Wildman–Crippen LogP) is -0.497. The fourth-order valence-electron chi connectivity index (χ4n) is 1.97. The van der Waals surface area contributed by atoms with Crippen molar-refractivity contribution < 1.29 is 9.59 Å². The van der Waals surface area contributed by atoms with Crippen LogP contribution in [-0.4, -0.2) is 36.8 Å². The van der Waals surface area contributed by atoms with Crippen molar-refractivity contribution in [3.8, 4) is 0 Å². The van der Waals surface area contributed by atoms with Gasteiger partial charge in [-0.2, -0.15) is 0 Å². The molecule has 0 radical (unpaired) electrons. The number of rotatable bonds is 9. The van der Waals surface area contributed by atoms with E-state index in [1.54, 1.807) is 0 Å². The molecule has 0 heterocycles. The summed E-state index contributed by atoms with van der Waals surface area (Å²) in [6, 6.07) is 8.19. The fraction of sp³-hybridized carbons (Fsp3) is 0.400. The lowest BCUT2D eigenvalue weighted by molar-refractivity contribution is -0.125. The number of hydrogen-bond acceptors (Lipinski definition) is 4. The third-order valence-electron chi connectivity index (χ3n) is 3.13. The Labute approximate surface area is 130 Å². The van der Waals surface area contributed by atoms with E-state index in [0.717, 1.165) is 5.56 Å². The third-order valence-corrected chi connectivity index (χ3v) is 3.13. The third kappa shape index (κ3) is 6.85. The zero-order valence-electron chi connectivity index (χ0n) is 12.4. The Kier molecular flexibility index (Phi) is 7.63. The molecule has 2 atom stereocenters. The van der Waals surface area contributed by atoms with Crippen molar-refractivity contribution in [2.45, 2.75) is 31.3 Å². The normalized spacial score (nSPS) is 13.0. The van der Waals surface area contributed by atoms with Gasteiger partial charge in [0.15, 0.2) is 5.96 Å². The molecule has 1 aromatic rings. The summed E-state index contributed by atoms with van der Waals surface area (Å²) >= 11 is 0. The smallest absolute Gasteiger partial charge is 0.237 e. The van der Waals surface area contributed by atoms with E-state index in [2.05, 4.69) is 10.6 Å². The lowest BCUT2D eigenvalue weighted by Gasteiger charge is -2.17. The molecular formula is C15H23N5O2. The molecule has 1 aromatic carbocycles. The topological polar surface area (TPSA) is 134 Å². The summed E-state index contributed by atoms with van der Waals surface area (Å²) in [6.45, 7) is 0.478. The van der Waals surface area contributed by atoms with Crippen LogP contribution >= 0.6 is 0 Å². The van der Waals surface area contributed by atoms with Crippen LogP contribution < -0.4 is 22.1 Å². The number of carbonyl (C=O) groups is 2. The highest BCUT2D eigenvalue weighted by Gasteiger charge is 2.17. The van der Waals surface area contributed by atoms with Gasteiger partial charge in [-0.25, -0.2) is 0 Å². The molecule has 0 fully saturated rings. The molecule has 7 N–H and O–H groups in total. The number of nitrogens with two attached hydrogens (primary N) is 2. The minimum atomic E-state index is -0.694. The summed E-state index contributed by atoms with van der Waals surface area (Å²) in [5.74, 6) is -0.461. The van der Waals surface area contributed by atoms with E-state index < -0.39 is 12.1 Å². The zero-order chi connectivity index (χ0) is 16.4. The van der Waals surface area contributed by atoms with Crippen LogP contribution in [0.3, 0.4) is 0 Å². The molecular weight excluding hydrogens is 282 g/mol. The molecule has 7 nitrogen and oxygen atoms in total. The number of benzene rings is 1. The summed E-state index contributed by atoms with van der Waals surface area (Å²) in [6.07, 6.45) is 2.19. The maximum absolute atomic E-state index is 12.0. The Morgan fingerprint density at radius 2 is 2.00 bits per heavy atom. The Balaban J connectivity index is 2.36. The fourth-order valence-corrected chi connectivity index (χ4v) is 1.97. The van der Waals surface area contributed by atoms with Gasteiger partial charge in [0.1, 0.15) is 6.29 Å². The monoisotopic (exact) mass is 305 g/mol. The lowest BCUT2D eigenvalue weighted by atomic mass is 10.1. The molecule has 0 saturated heterocycles. The molecule has 0 aromatic heterocycles. The number of hydrogen-bond donors (Lipinski definition) is 5. The maximum atomic E-state index is 12.0. The molecule has 7 heteroatoms. The van der Waals surface area contributed by atoms with Crippen molar-refractivity contribution in [2.75, 3.05) is 6.54 Å². The second kappa shape index (κ2) is 9.51. The number of amides is 1. The predicted molar refractivity (Wildman–Crippen MR) is 85.3 cm³/mol. The summed E-state index contributed by atoms with van der Waals surface area (Å²) < 4.78 is 0. The van der Waals surface area contributed by atoms with E-state index in [9.17, 15) is 9.59 Å². The van der Waals surface area contributed by atoms with Gasteiger partial charge in [-0.15, -0.1) is 0 Å². The minimum absolute atomic E-state index is 0.114. The average Bonchev–Trinajstić information content (AvgIpc) is 2.50. The van der Waals surface area contributed by atoms with Gasteiger partial charge in [0, 0.05) is 6.54 Å². The maximum Gasteiger partial charge on any atom is 0.237 e. The Hall–Kier alpha value is -2.41. The highest BCUT2D eigenvalue weighted by molar-refractivity contribution is 5.84. The van der Waals surface area contributed by atoms with Crippen LogP contribution in [0.15, 0.2) is 30.3 Å². The molecule has 0 unspecified atom stereocenters. The van der Waals surface area contributed by atoms with Crippen LogP contribution in [0.1, 0.15) is 18.4 Å². The quantitative estimate of drug-likeness (QED) is 0.181. The Bertz CT molecular complexity index is 492. The van der Waals surface area contributed by atoms with Crippen LogP contribution in [0.25, 0.3) is 0 Å². The first kappa shape index (κ1) is 17.6. The summed E-state index contributed by atoms with van der Waals surface area (Å²) in [5.41, 5.74) is 12.0. The van der Waals surface area contributed by atoms with Gasteiger partial charge in [-0.1, -0.05) is 30.3 Å². The van der Waals surface area contributed by atoms with E-state index >= 15 is 0 Å². The van der Waals surface area contributed by atoms with Crippen molar-refractivity contribution in [1.29, 1.82) is 5.41 Å². The largest absolute Gasteiger partial charge is 0.370 e. The Morgan fingerprint density at radius 3 is 2.59 bits per heavy atom. The van der Waals surface area contributed by atoms with E-state index in [0.29, 0.717) is 32.1 Å². The van der Waals surface area contributed by atoms with Gasteiger partial charge in [-0.3, -0.25) is 10.2 Å². The first-order chi connectivity index (χ1) is 10.5. The average molecular weight is 305 g/mol. The van der Waals surface area contributed by atoms with Crippen molar-refractivity contribution in [3.05, 3.63) is 35.9 Å². The Morgan fingerprint density at radius 1 is 1.32 bits per heavy atom. The molecule has 0 aliphatic carbocycles. The van der Waals surface area contributed by atoms with Gasteiger partial charge >= 0.3 is 0 Å². The van der Waals surface area contributed by atoms with Gasteiger partial charge < -0.3 is 26.9 Å². The van der Waals surface area contributed by atoms with Crippen LogP contribution in [0, 0.1) is 5.41 Å². The first-order valence-electron chi connectivity index (χ1n) is 7.16. The molecule has 0 saturated carbocycles. The number of guanidine groups is 1. The second-order valence-electron chi connectivity index (χ2n) is 5.03. The van der Waals surface area contributed by atoms with Crippen LogP contribution in [0.4, 0.5) is 0 Å². The highest BCUT2D eigenvalue weighted by atomic mass is 16.2. The van der Waals surface area contributed by atoms with E-state index in [-0.39, 0.29) is 11.9 Å². The summed E-state index contributed by atoms with van der Waals surface area (Å²) in [4.78, 5) is 23.0. The van der Waals surface area contributed by atoms with E-state index in [1.165, 1.54) is 0 Å². The molecule has 22 heavy (non-hydrogen) atoms. The van der Waals surface area contributed by atoms with Crippen molar-refractivity contribution >= 4 is 18.2 Å². The number of carbonyl (C=O) groups excluding carboxylic acids is 2. The number of nitrogens with one attached hydrogen (secondary N) is 3. The summed E-state index contributed by atoms with van der Waals surface area (Å²) in [5, 5.41) is 12.3. The SMILES string of the molecule is N=C(N)NCCC[C@@H](C=O)NC(=O)[C@@H](N)Cc1ccccc1. The molecule has 0 spiro atoms. The molecule has 1 rings (SSSR count). The molecule has 0 aliphatic heterocycles.